The van der Waals surface area contributed by atoms with E-state index in [0.717, 1.165) is 5.01 Å². The van der Waals surface area contributed by atoms with Crippen molar-refractivity contribution in [2.45, 2.75) is 19.4 Å². The Morgan fingerprint density at radius 3 is 2.83 bits per heavy atom. The number of aromatic nitrogens is 1. The zero-order chi connectivity index (χ0) is 13.3. The summed E-state index contributed by atoms with van der Waals surface area (Å²) in [5.74, 6) is -0.570. The van der Waals surface area contributed by atoms with Gasteiger partial charge in [0.05, 0.1) is 5.56 Å². The third-order valence-electron chi connectivity index (χ3n) is 2.63. The van der Waals surface area contributed by atoms with Gasteiger partial charge >= 0.3 is 5.97 Å². The lowest BCUT2D eigenvalue weighted by molar-refractivity contribution is 0.0191. The van der Waals surface area contributed by atoms with Crippen molar-refractivity contribution in [1.82, 2.24) is 4.98 Å². The first kappa shape index (κ1) is 12.8. The molecule has 2 aromatic rings. The first-order valence-corrected chi connectivity index (χ1v) is 6.15. The Labute approximate surface area is 108 Å². The summed E-state index contributed by atoms with van der Waals surface area (Å²) in [6.07, 6.45) is 1.21. The molecule has 0 unspecified atom stereocenters. The van der Waals surface area contributed by atoms with E-state index in [9.17, 15) is 4.79 Å². The van der Waals surface area contributed by atoms with Crippen LogP contribution in [0.1, 0.15) is 29.2 Å². The van der Waals surface area contributed by atoms with Crippen LogP contribution in [0.2, 0.25) is 0 Å². The van der Waals surface area contributed by atoms with Gasteiger partial charge < -0.3 is 14.3 Å². The van der Waals surface area contributed by atoms with Crippen molar-refractivity contribution in [2.24, 2.45) is 0 Å². The summed E-state index contributed by atoms with van der Waals surface area (Å²) in [6.45, 7) is 3.83. The van der Waals surface area contributed by atoms with Gasteiger partial charge in [-0.05, 0) is 13.8 Å². The van der Waals surface area contributed by atoms with Crippen LogP contribution in [-0.2, 0) is 10.3 Å². The fraction of sp³-hybridized carbons (Fsp3) is 0.333. The van der Waals surface area contributed by atoms with Crippen LogP contribution in [0.3, 0.4) is 0 Å². The minimum Gasteiger partial charge on any atom is -0.478 e. The maximum absolute atomic E-state index is 10.8. The lowest BCUT2D eigenvalue weighted by Crippen LogP contribution is -2.18. The topological polar surface area (TPSA) is 72.6 Å². The van der Waals surface area contributed by atoms with Crippen molar-refractivity contribution in [3.05, 3.63) is 28.3 Å². The molecule has 0 saturated heterocycles. The second-order valence-corrected chi connectivity index (χ2v) is 5.12. The number of hydrogen-bond donors (Lipinski definition) is 1. The Bertz CT molecular complexity index is 570. The molecule has 0 aliphatic carbocycles. The van der Waals surface area contributed by atoms with Crippen LogP contribution in [-0.4, -0.2) is 23.2 Å². The number of ether oxygens (including phenoxy) is 1. The lowest BCUT2D eigenvalue weighted by atomic mass is 10.1. The van der Waals surface area contributed by atoms with E-state index in [-0.39, 0.29) is 5.56 Å². The normalized spacial score (nSPS) is 11.7. The molecule has 0 aromatic carbocycles. The third-order valence-corrected chi connectivity index (χ3v) is 3.78. The average Bonchev–Trinajstić information content (AvgIpc) is 2.97. The first-order valence-electron chi connectivity index (χ1n) is 5.27. The van der Waals surface area contributed by atoms with E-state index in [2.05, 4.69) is 4.98 Å². The maximum Gasteiger partial charge on any atom is 0.338 e. The van der Waals surface area contributed by atoms with E-state index in [1.165, 1.54) is 23.7 Å². The highest BCUT2D eigenvalue weighted by Crippen LogP contribution is 2.31. The average molecular weight is 267 g/mol. The monoisotopic (exact) mass is 267 g/mol. The number of methoxy groups -OCH3 is 1. The SMILES string of the molecule is COC(C)(C)c1nc(-c2cc(C(=O)O)co2)cs1. The number of carboxylic acid groups (broad SMARTS) is 1. The molecule has 18 heavy (non-hydrogen) atoms. The predicted molar refractivity (Wildman–Crippen MR) is 66.8 cm³/mol. The zero-order valence-electron chi connectivity index (χ0n) is 10.3. The van der Waals surface area contributed by atoms with E-state index in [4.69, 9.17) is 14.3 Å². The van der Waals surface area contributed by atoms with Crippen molar-refractivity contribution >= 4 is 17.3 Å². The fourth-order valence-electron chi connectivity index (χ4n) is 1.33. The molecular formula is C12H13NO4S. The third kappa shape index (κ3) is 2.30. The molecule has 0 aliphatic heterocycles. The van der Waals surface area contributed by atoms with Gasteiger partial charge in [0.25, 0.3) is 0 Å². The molecule has 0 atom stereocenters. The van der Waals surface area contributed by atoms with Crippen molar-refractivity contribution in [3.8, 4) is 11.5 Å². The number of nitrogens with zero attached hydrogens (tertiary/aromatic N) is 1. The molecule has 0 radical (unpaired) electrons. The summed E-state index contributed by atoms with van der Waals surface area (Å²) < 4.78 is 10.5. The number of furan rings is 1. The van der Waals surface area contributed by atoms with Gasteiger partial charge in [-0.2, -0.15) is 0 Å². The largest absolute Gasteiger partial charge is 0.478 e. The van der Waals surface area contributed by atoms with Crippen LogP contribution in [0, 0.1) is 0 Å². The molecule has 5 nitrogen and oxygen atoms in total. The highest BCUT2D eigenvalue weighted by atomic mass is 32.1. The standard InChI is InChI=1S/C12H13NO4S/c1-12(2,16-3)11-13-8(6-18-11)9-4-7(5-17-9)10(14)15/h4-6H,1-3H3,(H,14,15). The molecular weight excluding hydrogens is 254 g/mol. The summed E-state index contributed by atoms with van der Waals surface area (Å²) >= 11 is 1.45. The zero-order valence-corrected chi connectivity index (χ0v) is 11.1. The van der Waals surface area contributed by atoms with Gasteiger partial charge in [-0.15, -0.1) is 11.3 Å². The molecule has 0 saturated carbocycles. The highest BCUT2D eigenvalue weighted by molar-refractivity contribution is 7.10. The molecule has 2 rings (SSSR count). The lowest BCUT2D eigenvalue weighted by Gasteiger charge is -2.19. The van der Waals surface area contributed by atoms with Crippen LogP contribution in [0.5, 0.6) is 0 Å². The molecule has 0 bridgehead atoms. The second-order valence-electron chi connectivity index (χ2n) is 4.26. The predicted octanol–water partition coefficient (Wildman–Crippen LogP) is 2.98. The van der Waals surface area contributed by atoms with E-state index in [0.29, 0.717) is 11.5 Å². The minimum atomic E-state index is -1.02. The van der Waals surface area contributed by atoms with Crippen molar-refractivity contribution in [3.63, 3.8) is 0 Å². The molecule has 0 fully saturated rings. The molecule has 2 heterocycles. The van der Waals surface area contributed by atoms with Gasteiger partial charge in [-0.1, -0.05) is 0 Å². The number of carboxylic acids is 1. The van der Waals surface area contributed by atoms with Gasteiger partial charge in [-0.25, -0.2) is 9.78 Å². The summed E-state index contributed by atoms with van der Waals surface area (Å²) in [7, 11) is 1.62. The van der Waals surface area contributed by atoms with Gasteiger partial charge in [0.2, 0.25) is 0 Å². The molecule has 0 spiro atoms. The van der Waals surface area contributed by atoms with Crippen molar-refractivity contribution < 1.29 is 19.1 Å². The summed E-state index contributed by atoms with van der Waals surface area (Å²) in [5.41, 5.74) is 0.267. The van der Waals surface area contributed by atoms with Crippen LogP contribution in [0.4, 0.5) is 0 Å². The van der Waals surface area contributed by atoms with Crippen LogP contribution in [0.25, 0.3) is 11.5 Å². The van der Waals surface area contributed by atoms with E-state index in [1.54, 1.807) is 7.11 Å². The Morgan fingerprint density at radius 1 is 1.56 bits per heavy atom. The molecule has 2 aromatic heterocycles. The van der Waals surface area contributed by atoms with Gasteiger partial charge in [-0.3, -0.25) is 0 Å². The highest BCUT2D eigenvalue weighted by Gasteiger charge is 2.24. The van der Waals surface area contributed by atoms with E-state index < -0.39 is 11.6 Å². The van der Waals surface area contributed by atoms with Crippen LogP contribution in [0.15, 0.2) is 22.1 Å². The quantitative estimate of drug-likeness (QED) is 0.921. The molecule has 0 aliphatic rings. The Hall–Kier alpha value is -1.66. The minimum absolute atomic E-state index is 0.116. The van der Waals surface area contributed by atoms with Crippen molar-refractivity contribution in [1.29, 1.82) is 0 Å². The smallest absolute Gasteiger partial charge is 0.338 e. The Balaban J connectivity index is 2.32. The van der Waals surface area contributed by atoms with E-state index in [1.807, 2.05) is 19.2 Å². The molecule has 1 N–H and O–H groups in total. The second kappa shape index (κ2) is 4.55. The number of rotatable bonds is 4. The molecule has 0 amide bonds. The van der Waals surface area contributed by atoms with E-state index >= 15 is 0 Å². The van der Waals surface area contributed by atoms with Gasteiger partial charge in [0.1, 0.15) is 22.6 Å². The molecule has 96 valence electrons. The van der Waals surface area contributed by atoms with Gasteiger partial charge in [0.15, 0.2) is 5.76 Å². The maximum atomic E-state index is 10.8. The summed E-state index contributed by atoms with van der Waals surface area (Å²) in [6, 6.07) is 1.46. The number of carbonyl (C=O) groups is 1. The Kier molecular flexibility index (Phi) is 3.23. The van der Waals surface area contributed by atoms with Gasteiger partial charge in [0, 0.05) is 18.6 Å². The molecule has 6 heteroatoms. The number of hydrogen-bond acceptors (Lipinski definition) is 5. The Morgan fingerprint density at radius 2 is 2.28 bits per heavy atom. The summed E-state index contributed by atoms with van der Waals surface area (Å²) in [5, 5.41) is 11.5. The fourth-order valence-corrected chi connectivity index (χ4v) is 2.24. The van der Waals surface area contributed by atoms with Crippen molar-refractivity contribution in [2.75, 3.05) is 7.11 Å². The summed E-state index contributed by atoms with van der Waals surface area (Å²) in [4.78, 5) is 15.2. The van der Waals surface area contributed by atoms with Crippen LogP contribution < -0.4 is 0 Å². The number of aromatic carboxylic acids is 1. The number of thiazole rings is 1. The van der Waals surface area contributed by atoms with Crippen LogP contribution >= 0.6 is 11.3 Å². The first-order chi connectivity index (χ1) is 8.44.